The summed E-state index contributed by atoms with van der Waals surface area (Å²) in [4.78, 5) is 4.19. The summed E-state index contributed by atoms with van der Waals surface area (Å²) in [6.45, 7) is 3.87. The SMILES string of the molecule is c1ccc2c(c1)SCC2NCC1CCN(C2CC2)C1. The number of hydrogen-bond acceptors (Lipinski definition) is 3. The standard InChI is InChI=1S/C16H22N2S/c1-2-4-16-14(3-1)15(11-19-16)17-9-12-7-8-18(10-12)13-5-6-13/h1-4,12-13,15,17H,5-11H2. The molecule has 1 saturated heterocycles. The Labute approximate surface area is 119 Å². The van der Waals surface area contributed by atoms with Gasteiger partial charge in [-0.15, -0.1) is 11.8 Å². The molecule has 2 aliphatic heterocycles. The minimum atomic E-state index is 0.580. The van der Waals surface area contributed by atoms with E-state index in [-0.39, 0.29) is 0 Å². The number of thioether (sulfide) groups is 1. The van der Waals surface area contributed by atoms with Crippen LogP contribution in [0.25, 0.3) is 0 Å². The Morgan fingerprint density at radius 2 is 2.11 bits per heavy atom. The molecule has 2 nitrogen and oxygen atoms in total. The van der Waals surface area contributed by atoms with Crippen LogP contribution in [0.5, 0.6) is 0 Å². The van der Waals surface area contributed by atoms with Crippen molar-refractivity contribution in [3.63, 3.8) is 0 Å². The summed E-state index contributed by atoms with van der Waals surface area (Å²) in [7, 11) is 0. The number of nitrogens with one attached hydrogen (secondary N) is 1. The van der Waals surface area contributed by atoms with Gasteiger partial charge in [0.25, 0.3) is 0 Å². The Kier molecular flexibility index (Phi) is 3.30. The molecule has 19 heavy (non-hydrogen) atoms. The van der Waals surface area contributed by atoms with Gasteiger partial charge < -0.3 is 10.2 Å². The van der Waals surface area contributed by atoms with Gasteiger partial charge in [-0.25, -0.2) is 0 Å². The Bertz CT molecular complexity index is 458. The topological polar surface area (TPSA) is 15.3 Å². The first-order chi connectivity index (χ1) is 9.40. The first-order valence-corrected chi connectivity index (χ1v) is 8.58. The number of rotatable bonds is 4. The number of likely N-dealkylation sites (tertiary alicyclic amines) is 1. The number of benzene rings is 1. The lowest BCUT2D eigenvalue weighted by Gasteiger charge is -2.18. The van der Waals surface area contributed by atoms with Gasteiger partial charge >= 0.3 is 0 Å². The fourth-order valence-corrected chi connectivity index (χ4v) is 4.64. The molecule has 1 aliphatic carbocycles. The highest BCUT2D eigenvalue weighted by Crippen LogP contribution is 2.38. The largest absolute Gasteiger partial charge is 0.309 e. The van der Waals surface area contributed by atoms with E-state index in [0.717, 1.165) is 12.0 Å². The lowest BCUT2D eigenvalue weighted by atomic mass is 10.1. The molecule has 0 aromatic heterocycles. The Morgan fingerprint density at radius 3 is 3.00 bits per heavy atom. The van der Waals surface area contributed by atoms with Crippen molar-refractivity contribution < 1.29 is 0 Å². The first kappa shape index (κ1) is 12.2. The molecule has 0 spiro atoms. The van der Waals surface area contributed by atoms with Crippen LogP contribution in [0.2, 0.25) is 0 Å². The van der Waals surface area contributed by atoms with Crippen molar-refractivity contribution in [3.05, 3.63) is 29.8 Å². The van der Waals surface area contributed by atoms with Crippen molar-refractivity contribution >= 4 is 11.8 Å². The van der Waals surface area contributed by atoms with Crippen LogP contribution in [0.4, 0.5) is 0 Å². The van der Waals surface area contributed by atoms with Crippen molar-refractivity contribution in [1.82, 2.24) is 10.2 Å². The third-order valence-electron chi connectivity index (χ3n) is 4.73. The van der Waals surface area contributed by atoms with Gasteiger partial charge in [-0.1, -0.05) is 18.2 Å². The fraction of sp³-hybridized carbons (Fsp3) is 0.625. The van der Waals surface area contributed by atoms with E-state index in [9.17, 15) is 0 Å². The van der Waals surface area contributed by atoms with E-state index < -0.39 is 0 Å². The third kappa shape index (κ3) is 2.56. The van der Waals surface area contributed by atoms with Crippen LogP contribution in [0.3, 0.4) is 0 Å². The summed E-state index contributed by atoms with van der Waals surface area (Å²) in [6, 6.07) is 10.4. The zero-order valence-corrected chi connectivity index (χ0v) is 12.2. The Morgan fingerprint density at radius 1 is 1.21 bits per heavy atom. The van der Waals surface area contributed by atoms with E-state index in [1.165, 1.54) is 55.1 Å². The molecule has 3 heteroatoms. The predicted octanol–water partition coefficient (Wildman–Crippen LogP) is 2.91. The molecule has 1 aromatic rings. The summed E-state index contributed by atoms with van der Waals surface area (Å²) in [5, 5.41) is 3.81. The summed E-state index contributed by atoms with van der Waals surface area (Å²) in [6.07, 6.45) is 4.30. The highest BCUT2D eigenvalue weighted by Gasteiger charge is 2.34. The predicted molar refractivity (Wildman–Crippen MR) is 80.6 cm³/mol. The van der Waals surface area contributed by atoms with E-state index in [0.29, 0.717) is 6.04 Å². The molecule has 4 rings (SSSR count). The molecule has 0 radical (unpaired) electrons. The summed E-state index contributed by atoms with van der Waals surface area (Å²) >= 11 is 2.00. The maximum absolute atomic E-state index is 3.81. The number of hydrogen-bond donors (Lipinski definition) is 1. The van der Waals surface area contributed by atoms with Gasteiger partial charge in [0.2, 0.25) is 0 Å². The van der Waals surface area contributed by atoms with Gasteiger partial charge in [0.15, 0.2) is 0 Å². The lowest BCUT2D eigenvalue weighted by molar-refractivity contribution is 0.310. The van der Waals surface area contributed by atoms with E-state index >= 15 is 0 Å². The number of fused-ring (bicyclic) bond motifs is 1. The molecule has 3 aliphatic rings. The van der Waals surface area contributed by atoms with Crippen molar-refractivity contribution in [2.45, 2.75) is 36.2 Å². The average Bonchev–Trinajstić information content (AvgIpc) is 3.05. The van der Waals surface area contributed by atoms with Crippen LogP contribution < -0.4 is 5.32 Å². The normalized spacial score (nSPS) is 30.7. The molecule has 0 amide bonds. The maximum atomic E-state index is 3.81. The van der Waals surface area contributed by atoms with Gasteiger partial charge in [0.1, 0.15) is 0 Å². The van der Waals surface area contributed by atoms with E-state index in [2.05, 4.69) is 34.5 Å². The minimum Gasteiger partial charge on any atom is -0.309 e. The van der Waals surface area contributed by atoms with Crippen LogP contribution >= 0.6 is 11.8 Å². The van der Waals surface area contributed by atoms with Gasteiger partial charge in [-0.05, 0) is 49.9 Å². The van der Waals surface area contributed by atoms with E-state index in [4.69, 9.17) is 0 Å². The summed E-state index contributed by atoms with van der Waals surface area (Å²) in [5.41, 5.74) is 1.52. The quantitative estimate of drug-likeness (QED) is 0.909. The third-order valence-corrected chi connectivity index (χ3v) is 5.92. The highest BCUT2D eigenvalue weighted by molar-refractivity contribution is 7.99. The number of nitrogens with zero attached hydrogens (tertiary/aromatic N) is 1. The van der Waals surface area contributed by atoms with Crippen LogP contribution in [0, 0.1) is 5.92 Å². The molecule has 2 fully saturated rings. The molecule has 1 N–H and O–H groups in total. The minimum absolute atomic E-state index is 0.580. The molecule has 0 bridgehead atoms. The van der Waals surface area contributed by atoms with Crippen molar-refractivity contribution in [2.24, 2.45) is 5.92 Å². The lowest BCUT2D eigenvalue weighted by Crippen LogP contribution is -2.30. The Balaban J connectivity index is 1.31. The molecule has 2 heterocycles. The molecule has 1 saturated carbocycles. The first-order valence-electron chi connectivity index (χ1n) is 7.59. The van der Waals surface area contributed by atoms with E-state index in [1.807, 2.05) is 11.8 Å². The Hall–Kier alpha value is -0.510. The average molecular weight is 274 g/mol. The van der Waals surface area contributed by atoms with Gasteiger partial charge in [0.05, 0.1) is 0 Å². The molecule has 1 aromatic carbocycles. The van der Waals surface area contributed by atoms with E-state index in [1.54, 1.807) is 0 Å². The van der Waals surface area contributed by atoms with Crippen LogP contribution in [-0.4, -0.2) is 36.3 Å². The second-order valence-corrected chi connectivity index (χ2v) is 7.25. The van der Waals surface area contributed by atoms with Gasteiger partial charge in [0, 0.05) is 29.3 Å². The second-order valence-electron chi connectivity index (χ2n) is 6.19. The van der Waals surface area contributed by atoms with Crippen molar-refractivity contribution in [1.29, 1.82) is 0 Å². The second kappa shape index (κ2) is 5.12. The summed E-state index contributed by atoms with van der Waals surface area (Å²) < 4.78 is 0. The summed E-state index contributed by atoms with van der Waals surface area (Å²) in [5.74, 6) is 2.08. The highest BCUT2D eigenvalue weighted by atomic mass is 32.2. The van der Waals surface area contributed by atoms with Crippen LogP contribution in [0.1, 0.15) is 30.9 Å². The molecule has 102 valence electrons. The molecular formula is C16H22N2S. The molecule has 2 atom stereocenters. The van der Waals surface area contributed by atoms with Gasteiger partial charge in [-0.2, -0.15) is 0 Å². The zero-order valence-electron chi connectivity index (χ0n) is 11.3. The van der Waals surface area contributed by atoms with Crippen LogP contribution in [0.15, 0.2) is 29.2 Å². The van der Waals surface area contributed by atoms with Crippen LogP contribution in [-0.2, 0) is 0 Å². The van der Waals surface area contributed by atoms with Crippen molar-refractivity contribution in [2.75, 3.05) is 25.4 Å². The fourth-order valence-electron chi connectivity index (χ4n) is 3.44. The van der Waals surface area contributed by atoms with Gasteiger partial charge in [-0.3, -0.25) is 0 Å². The molecule has 2 unspecified atom stereocenters. The molecular weight excluding hydrogens is 252 g/mol. The maximum Gasteiger partial charge on any atom is 0.0426 e. The van der Waals surface area contributed by atoms with Crippen molar-refractivity contribution in [3.8, 4) is 0 Å². The smallest absolute Gasteiger partial charge is 0.0426 e. The zero-order chi connectivity index (χ0) is 12.7. The monoisotopic (exact) mass is 274 g/mol.